The number of para-hydroxylation sites is 1. The third-order valence-corrected chi connectivity index (χ3v) is 5.67. The molecule has 1 atom stereocenters. The Kier molecular flexibility index (Phi) is 7.25. The van der Waals surface area contributed by atoms with E-state index in [2.05, 4.69) is 10.6 Å². The number of hydrogen-bond donors (Lipinski definition) is 3. The molecule has 0 bridgehead atoms. The molecule has 0 radical (unpaired) electrons. The highest BCUT2D eigenvalue weighted by Crippen LogP contribution is 2.14. The number of benzene rings is 2. The Morgan fingerprint density at radius 1 is 1.07 bits per heavy atom. The molecule has 2 amide bonds. The summed E-state index contributed by atoms with van der Waals surface area (Å²) in [4.78, 5) is 26.3. The molecule has 3 N–H and O–H groups in total. The maximum Gasteiger partial charge on any atom is 0.278 e. The lowest BCUT2D eigenvalue weighted by atomic mass is 9.94. The fraction of sp³-hybridized carbons (Fsp3) is 0.391. The molecule has 0 saturated carbocycles. The van der Waals surface area contributed by atoms with Gasteiger partial charge < -0.3 is 20.3 Å². The number of anilines is 1. The topological polar surface area (TPSA) is 71.9 Å². The smallest absolute Gasteiger partial charge is 0.278 e. The van der Waals surface area contributed by atoms with E-state index in [1.54, 1.807) is 7.11 Å². The molecule has 0 unspecified atom stereocenters. The van der Waals surface area contributed by atoms with Gasteiger partial charge in [0.2, 0.25) is 5.91 Å². The Labute approximate surface area is 172 Å². The molecule has 0 aromatic heterocycles. The predicted octanol–water partition coefficient (Wildman–Crippen LogP) is 1.63. The Morgan fingerprint density at radius 2 is 1.72 bits per heavy atom. The summed E-state index contributed by atoms with van der Waals surface area (Å²) in [7, 11) is 1.63. The van der Waals surface area contributed by atoms with Crippen LogP contribution in [0.3, 0.4) is 0 Å². The summed E-state index contributed by atoms with van der Waals surface area (Å²) >= 11 is 0. The normalized spacial score (nSPS) is 19.8. The van der Waals surface area contributed by atoms with Gasteiger partial charge in [0.15, 0.2) is 6.04 Å². The minimum Gasteiger partial charge on any atom is -0.497 e. The van der Waals surface area contributed by atoms with Crippen LogP contribution in [-0.4, -0.2) is 38.1 Å². The van der Waals surface area contributed by atoms with Gasteiger partial charge in [-0.1, -0.05) is 30.3 Å². The molecule has 2 aromatic rings. The third-order valence-electron chi connectivity index (χ3n) is 5.67. The van der Waals surface area contributed by atoms with Crippen LogP contribution in [0.4, 0.5) is 5.69 Å². The molecular weight excluding hydrogens is 366 g/mol. The van der Waals surface area contributed by atoms with E-state index in [9.17, 15) is 9.59 Å². The average molecular weight is 397 g/mol. The summed E-state index contributed by atoms with van der Waals surface area (Å²) in [5.74, 6) is 0.931. The van der Waals surface area contributed by atoms with Crippen molar-refractivity contribution in [2.75, 3.05) is 25.5 Å². The minimum absolute atomic E-state index is 0.00789. The first kappa shape index (κ1) is 20.9. The summed E-state index contributed by atoms with van der Waals surface area (Å²) in [5.41, 5.74) is 1.87. The SMILES string of the molecule is COc1ccc(CNC(=O)[C@H](C)[NH+]2CCC(C(=O)Nc3ccccc3)CC2)cc1. The van der Waals surface area contributed by atoms with Gasteiger partial charge in [0.05, 0.1) is 20.2 Å². The molecule has 6 heteroatoms. The number of piperidine rings is 1. The molecule has 6 nitrogen and oxygen atoms in total. The number of hydrogen-bond acceptors (Lipinski definition) is 3. The van der Waals surface area contributed by atoms with Gasteiger partial charge >= 0.3 is 0 Å². The summed E-state index contributed by atoms with van der Waals surface area (Å²) in [6, 6.07) is 17.1. The van der Waals surface area contributed by atoms with Crippen LogP contribution >= 0.6 is 0 Å². The van der Waals surface area contributed by atoms with Crippen molar-refractivity contribution in [1.29, 1.82) is 0 Å². The lowest BCUT2D eigenvalue weighted by Gasteiger charge is -2.32. The van der Waals surface area contributed by atoms with Gasteiger partial charge in [0, 0.05) is 31.0 Å². The van der Waals surface area contributed by atoms with Crippen molar-refractivity contribution < 1.29 is 19.2 Å². The largest absolute Gasteiger partial charge is 0.497 e. The number of likely N-dealkylation sites (tertiary alicyclic amines) is 1. The van der Waals surface area contributed by atoms with Gasteiger partial charge in [-0.2, -0.15) is 0 Å². The number of carbonyl (C=O) groups excluding carboxylic acids is 2. The number of nitrogens with one attached hydrogen (secondary N) is 3. The molecule has 1 aliphatic rings. The lowest BCUT2D eigenvalue weighted by Crippen LogP contribution is -3.17. The fourth-order valence-electron chi connectivity index (χ4n) is 3.72. The van der Waals surface area contributed by atoms with Crippen LogP contribution in [0, 0.1) is 5.92 Å². The van der Waals surface area contributed by atoms with E-state index in [0.717, 1.165) is 42.9 Å². The molecule has 29 heavy (non-hydrogen) atoms. The van der Waals surface area contributed by atoms with E-state index in [1.807, 2.05) is 61.5 Å². The molecule has 0 aliphatic carbocycles. The molecule has 1 fully saturated rings. The molecule has 154 valence electrons. The highest BCUT2D eigenvalue weighted by atomic mass is 16.5. The highest BCUT2D eigenvalue weighted by Gasteiger charge is 2.32. The number of rotatable bonds is 7. The fourth-order valence-corrected chi connectivity index (χ4v) is 3.72. The zero-order chi connectivity index (χ0) is 20.6. The first-order chi connectivity index (χ1) is 14.1. The molecule has 0 spiro atoms. The maximum absolute atomic E-state index is 12.6. The van der Waals surface area contributed by atoms with Crippen LogP contribution in [0.2, 0.25) is 0 Å². The Balaban J connectivity index is 1.43. The van der Waals surface area contributed by atoms with E-state index in [4.69, 9.17) is 4.74 Å². The van der Waals surface area contributed by atoms with Crippen LogP contribution in [0.25, 0.3) is 0 Å². The van der Waals surface area contributed by atoms with E-state index in [0.29, 0.717) is 6.54 Å². The quantitative estimate of drug-likeness (QED) is 0.666. The zero-order valence-electron chi connectivity index (χ0n) is 17.1. The van der Waals surface area contributed by atoms with Crippen molar-refractivity contribution in [3.8, 4) is 5.75 Å². The van der Waals surface area contributed by atoms with Crippen LogP contribution in [0.1, 0.15) is 25.3 Å². The van der Waals surface area contributed by atoms with E-state index < -0.39 is 0 Å². The van der Waals surface area contributed by atoms with Crippen LogP contribution in [-0.2, 0) is 16.1 Å². The molecule has 1 heterocycles. The van der Waals surface area contributed by atoms with E-state index in [1.165, 1.54) is 4.90 Å². The highest BCUT2D eigenvalue weighted by molar-refractivity contribution is 5.92. The maximum atomic E-state index is 12.6. The molecular formula is C23H30N3O3+. The van der Waals surface area contributed by atoms with Crippen LogP contribution in [0.5, 0.6) is 5.75 Å². The lowest BCUT2D eigenvalue weighted by molar-refractivity contribution is -0.919. The summed E-state index contributed by atoms with van der Waals surface area (Å²) in [6.07, 6.45) is 1.59. The van der Waals surface area contributed by atoms with Crippen molar-refractivity contribution in [3.05, 3.63) is 60.2 Å². The van der Waals surface area contributed by atoms with Crippen molar-refractivity contribution in [2.24, 2.45) is 5.92 Å². The second kappa shape index (κ2) is 10.1. The van der Waals surface area contributed by atoms with Crippen molar-refractivity contribution in [3.63, 3.8) is 0 Å². The van der Waals surface area contributed by atoms with Gasteiger partial charge in [-0.3, -0.25) is 9.59 Å². The second-order valence-corrected chi connectivity index (χ2v) is 7.58. The molecule has 1 saturated heterocycles. The van der Waals surface area contributed by atoms with Gasteiger partial charge in [0.1, 0.15) is 5.75 Å². The number of quaternary nitrogens is 1. The van der Waals surface area contributed by atoms with Gasteiger partial charge in [-0.15, -0.1) is 0 Å². The second-order valence-electron chi connectivity index (χ2n) is 7.58. The summed E-state index contributed by atoms with van der Waals surface area (Å²) < 4.78 is 5.15. The number of ether oxygens (including phenoxy) is 1. The third kappa shape index (κ3) is 5.81. The number of methoxy groups -OCH3 is 1. The zero-order valence-corrected chi connectivity index (χ0v) is 17.1. The van der Waals surface area contributed by atoms with Crippen molar-refractivity contribution in [1.82, 2.24) is 5.32 Å². The van der Waals surface area contributed by atoms with Gasteiger partial charge in [0.25, 0.3) is 5.91 Å². The first-order valence-electron chi connectivity index (χ1n) is 10.2. The Hall–Kier alpha value is -2.86. The van der Waals surface area contributed by atoms with Crippen molar-refractivity contribution in [2.45, 2.75) is 32.4 Å². The standard InChI is InChI=1S/C23H29N3O3/c1-17(22(27)24-16-18-8-10-21(29-2)11-9-18)26-14-12-19(13-15-26)23(28)25-20-6-4-3-5-7-20/h3-11,17,19H,12-16H2,1-2H3,(H,24,27)(H,25,28)/p+1/t17-/m0/s1. The van der Waals surface area contributed by atoms with Gasteiger partial charge in [-0.05, 0) is 36.8 Å². The molecule has 1 aliphatic heterocycles. The minimum atomic E-state index is -0.133. The average Bonchev–Trinajstić information content (AvgIpc) is 2.78. The number of carbonyl (C=O) groups is 2. The number of amides is 2. The monoisotopic (exact) mass is 396 g/mol. The summed E-state index contributed by atoms with van der Waals surface area (Å²) in [6.45, 7) is 4.11. The predicted molar refractivity (Wildman–Crippen MR) is 113 cm³/mol. The van der Waals surface area contributed by atoms with E-state index in [-0.39, 0.29) is 23.8 Å². The molecule has 2 aromatic carbocycles. The van der Waals surface area contributed by atoms with Crippen molar-refractivity contribution >= 4 is 17.5 Å². The van der Waals surface area contributed by atoms with Crippen LogP contribution < -0.4 is 20.3 Å². The van der Waals surface area contributed by atoms with E-state index >= 15 is 0 Å². The Morgan fingerprint density at radius 3 is 2.34 bits per heavy atom. The van der Waals surface area contributed by atoms with Crippen LogP contribution in [0.15, 0.2) is 54.6 Å². The Bertz CT molecular complexity index is 800. The molecule has 3 rings (SSSR count). The van der Waals surface area contributed by atoms with Gasteiger partial charge in [-0.25, -0.2) is 0 Å². The summed E-state index contributed by atoms with van der Waals surface area (Å²) in [5, 5.41) is 6.01. The first-order valence-corrected chi connectivity index (χ1v) is 10.2.